The van der Waals surface area contributed by atoms with E-state index in [4.69, 9.17) is 9.84 Å². The summed E-state index contributed by atoms with van der Waals surface area (Å²) >= 11 is 0. The summed E-state index contributed by atoms with van der Waals surface area (Å²) in [6.07, 6.45) is 6.01. The molecule has 0 spiro atoms. The van der Waals surface area contributed by atoms with Crippen molar-refractivity contribution in [1.29, 1.82) is 0 Å². The lowest BCUT2D eigenvalue weighted by atomic mass is 9.97. The fraction of sp³-hybridized carbons (Fsp3) is 0.385. The van der Waals surface area contributed by atoms with Gasteiger partial charge in [-0.25, -0.2) is 13.8 Å². The van der Waals surface area contributed by atoms with Crippen molar-refractivity contribution in [3.63, 3.8) is 0 Å². The largest absolute Gasteiger partial charge is 0.496 e. The number of aliphatic hydroxyl groups excluding tert-OH is 1. The third-order valence-corrected chi connectivity index (χ3v) is 7.11. The van der Waals surface area contributed by atoms with Crippen LogP contribution in [0.2, 0.25) is 0 Å². The number of aliphatic hydroxyl groups is 1. The summed E-state index contributed by atoms with van der Waals surface area (Å²) in [4.78, 5) is 23.9. The topological polar surface area (TPSA) is 81.7 Å². The van der Waals surface area contributed by atoms with E-state index in [9.17, 15) is 9.18 Å². The SMILES string of the molecule is COc1ccc(F)cc1-c1c(F)cnc2[nH]c(C3=CC4CCC(C3)N4CC(=O)N(C)CCO)cc12. The number of ether oxygens (including phenoxy) is 1. The first-order valence-electron chi connectivity index (χ1n) is 11.7. The van der Waals surface area contributed by atoms with Crippen LogP contribution in [0.1, 0.15) is 25.0 Å². The van der Waals surface area contributed by atoms with Crippen molar-refractivity contribution >= 4 is 22.5 Å². The van der Waals surface area contributed by atoms with Gasteiger partial charge in [-0.3, -0.25) is 9.69 Å². The number of nitrogens with one attached hydrogen (secondary N) is 1. The third kappa shape index (κ3) is 4.30. The number of methoxy groups -OCH3 is 1. The number of benzene rings is 1. The molecule has 0 aliphatic carbocycles. The van der Waals surface area contributed by atoms with E-state index in [0.717, 1.165) is 36.7 Å². The zero-order valence-electron chi connectivity index (χ0n) is 19.7. The number of nitrogens with zero attached hydrogens (tertiary/aromatic N) is 3. The number of hydrogen-bond acceptors (Lipinski definition) is 5. The van der Waals surface area contributed by atoms with Gasteiger partial charge in [-0.05, 0) is 49.1 Å². The van der Waals surface area contributed by atoms with Crippen LogP contribution in [-0.4, -0.2) is 76.7 Å². The highest BCUT2D eigenvalue weighted by molar-refractivity contribution is 5.97. The van der Waals surface area contributed by atoms with Gasteiger partial charge in [0.1, 0.15) is 23.0 Å². The molecule has 2 N–H and O–H groups in total. The Balaban J connectivity index is 1.48. The van der Waals surface area contributed by atoms with Gasteiger partial charge in [-0.1, -0.05) is 6.08 Å². The molecule has 2 bridgehead atoms. The second kappa shape index (κ2) is 9.39. The predicted molar refractivity (Wildman–Crippen MR) is 129 cm³/mol. The van der Waals surface area contributed by atoms with Crippen LogP contribution in [0.25, 0.3) is 27.7 Å². The maximum atomic E-state index is 15.0. The Bertz CT molecular complexity index is 1310. The van der Waals surface area contributed by atoms with Crippen LogP contribution in [-0.2, 0) is 4.79 Å². The van der Waals surface area contributed by atoms with Crippen LogP contribution in [0, 0.1) is 11.6 Å². The van der Waals surface area contributed by atoms with Gasteiger partial charge < -0.3 is 19.7 Å². The summed E-state index contributed by atoms with van der Waals surface area (Å²) < 4.78 is 34.4. The fourth-order valence-corrected chi connectivity index (χ4v) is 5.29. The van der Waals surface area contributed by atoms with Gasteiger partial charge in [0.15, 0.2) is 0 Å². The molecule has 7 nitrogen and oxygen atoms in total. The summed E-state index contributed by atoms with van der Waals surface area (Å²) in [7, 11) is 3.17. The number of hydrogen-bond donors (Lipinski definition) is 2. The van der Waals surface area contributed by atoms with Gasteiger partial charge in [-0.15, -0.1) is 0 Å². The Hall–Kier alpha value is -3.30. The summed E-state index contributed by atoms with van der Waals surface area (Å²) in [5.41, 5.74) is 3.03. The van der Waals surface area contributed by atoms with Gasteiger partial charge in [0.05, 0.1) is 26.5 Å². The van der Waals surface area contributed by atoms with Crippen molar-refractivity contribution in [2.45, 2.75) is 31.3 Å². The lowest BCUT2D eigenvalue weighted by molar-refractivity contribution is -0.132. The zero-order valence-corrected chi connectivity index (χ0v) is 19.7. The molecule has 2 aromatic heterocycles. The Morgan fingerprint density at radius 3 is 2.89 bits per heavy atom. The highest BCUT2D eigenvalue weighted by atomic mass is 19.1. The molecule has 9 heteroatoms. The number of carbonyl (C=O) groups excluding carboxylic acids is 1. The average Bonchev–Trinajstić information content (AvgIpc) is 3.36. The molecule has 1 amide bonds. The zero-order chi connectivity index (χ0) is 24.7. The molecule has 2 atom stereocenters. The van der Waals surface area contributed by atoms with E-state index in [0.29, 0.717) is 35.4 Å². The monoisotopic (exact) mass is 482 g/mol. The molecule has 184 valence electrons. The van der Waals surface area contributed by atoms with Gasteiger partial charge in [0.2, 0.25) is 5.91 Å². The smallest absolute Gasteiger partial charge is 0.236 e. The van der Waals surface area contributed by atoms with E-state index < -0.39 is 11.6 Å². The second-order valence-corrected chi connectivity index (χ2v) is 9.18. The first-order chi connectivity index (χ1) is 16.9. The minimum Gasteiger partial charge on any atom is -0.496 e. The highest BCUT2D eigenvalue weighted by Gasteiger charge is 2.38. The lowest BCUT2D eigenvalue weighted by Gasteiger charge is -2.34. The molecule has 1 saturated heterocycles. The van der Waals surface area contributed by atoms with Crippen molar-refractivity contribution in [2.24, 2.45) is 0 Å². The van der Waals surface area contributed by atoms with Gasteiger partial charge in [-0.2, -0.15) is 0 Å². The van der Waals surface area contributed by atoms with Gasteiger partial charge in [0, 0.05) is 47.9 Å². The number of likely N-dealkylation sites (N-methyl/N-ethyl adjacent to an activating group) is 1. The van der Waals surface area contributed by atoms with E-state index in [-0.39, 0.29) is 30.2 Å². The maximum absolute atomic E-state index is 15.0. The quantitative estimate of drug-likeness (QED) is 0.538. The maximum Gasteiger partial charge on any atom is 0.236 e. The van der Waals surface area contributed by atoms with E-state index in [1.54, 1.807) is 11.9 Å². The van der Waals surface area contributed by atoms with Crippen molar-refractivity contribution in [3.8, 4) is 16.9 Å². The van der Waals surface area contributed by atoms with Gasteiger partial charge >= 0.3 is 0 Å². The Morgan fingerprint density at radius 1 is 1.31 bits per heavy atom. The van der Waals surface area contributed by atoms with E-state index in [1.807, 2.05) is 6.07 Å². The number of halogens is 2. The second-order valence-electron chi connectivity index (χ2n) is 9.18. The molecule has 2 unspecified atom stereocenters. The molecule has 1 fully saturated rings. The summed E-state index contributed by atoms with van der Waals surface area (Å²) in [5.74, 6) is -0.665. The van der Waals surface area contributed by atoms with Crippen LogP contribution >= 0.6 is 0 Å². The van der Waals surface area contributed by atoms with E-state index >= 15 is 4.39 Å². The predicted octanol–water partition coefficient (Wildman–Crippen LogP) is 3.59. The molecule has 5 rings (SSSR count). The first kappa shape index (κ1) is 23.4. The number of rotatable bonds is 7. The molecule has 35 heavy (non-hydrogen) atoms. The molecule has 4 heterocycles. The number of fused-ring (bicyclic) bond motifs is 3. The summed E-state index contributed by atoms with van der Waals surface area (Å²) in [6, 6.07) is 6.26. The fourth-order valence-electron chi connectivity index (χ4n) is 5.29. The van der Waals surface area contributed by atoms with Crippen LogP contribution in [0.3, 0.4) is 0 Å². The standard InChI is InChI=1S/C26H28F2N4O3/c1-31(7-8-33)24(34)14-32-17-4-5-18(32)10-15(9-17)22-12-20-25(21(28)13-29-26(20)30-22)19-11-16(27)3-6-23(19)35-2/h3,6,9,11-13,17-18,33H,4-5,7-8,10,14H2,1-2H3,(H,29,30). The van der Waals surface area contributed by atoms with Crippen LogP contribution in [0.15, 0.2) is 36.5 Å². The minimum absolute atomic E-state index is 0.00762. The Labute approximate surface area is 202 Å². The first-order valence-corrected chi connectivity index (χ1v) is 11.7. The normalized spacial score (nSPS) is 19.7. The molecule has 2 aliphatic rings. The Morgan fingerprint density at radius 2 is 2.14 bits per heavy atom. The van der Waals surface area contributed by atoms with Crippen molar-refractivity contribution in [2.75, 3.05) is 33.9 Å². The van der Waals surface area contributed by atoms with Crippen LogP contribution < -0.4 is 4.74 Å². The van der Waals surface area contributed by atoms with Crippen LogP contribution in [0.4, 0.5) is 8.78 Å². The number of aromatic nitrogens is 2. The lowest BCUT2D eigenvalue weighted by Crippen LogP contribution is -2.46. The third-order valence-electron chi connectivity index (χ3n) is 7.11. The number of H-pyrrole nitrogens is 1. The van der Waals surface area contributed by atoms with Gasteiger partial charge in [0.25, 0.3) is 0 Å². The molecule has 0 radical (unpaired) electrons. The molecular formula is C26H28F2N4O3. The molecular weight excluding hydrogens is 454 g/mol. The summed E-state index contributed by atoms with van der Waals surface area (Å²) in [5, 5.41) is 9.66. The van der Waals surface area contributed by atoms with Crippen molar-refractivity contribution < 1.29 is 23.4 Å². The van der Waals surface area contributed by atoms with Crippen molar-refractivity contribution in [3.05, 3.63) is 53.9 Å². The van der Waals surface area contributed by atoms with E-state index in [1.165, 1.54) is 25.3 Å². The minimum atomic E-state index is -0.554. The number of carbonyl (C=O) groups is 1. The summed E-state index contributed by atoms with van der Waals surface area (Å²) in [6.45, 7) is 0.580. The number of amides is 1. The molecule has 2 aliphatic heterocycles. The van der Waals surface area contributed by atoms with Crippen LogP contribution in [0.5, 0.6) is 5.75 Å². The average molecular weight is 483 g/mol. The Kier molecular flexibility index (Phi) is 6.29. The molecule has 3 aromatic rings. The van der Waals surface area contributed by atoms with E-state index in [2.05, 4.69) is 20.9 Å². The highest BCUT2D eigenvalue weighted by Crippen LogP contribution is 2.41. The molecule has 1 aromatic carbocycles. The molecule has 0 saturated carbocycles. The number of aromatic amines is 1. The van der Waals surface area contributed by atoms with Crippen molar-refractivity contribution in [1.82, 2.24) is 19.8 Å². The number of pyridine rings is 1.